The van der Waals surface area contributed by atoms with E-state index in [0.717, 1.165) is 4.31 Å². The fraction of sp³-hybridized carbons (Fsp3) is 0.667. The first-order valence-corrected chi connectivity index (χ1v) is 7.26. The molecule has 10 nitrogen and oxygen atoms in total. The predicted octanol–water partition coefficient (Wildman–Crippen LogP) is -3.37. The summed E-state index contributed by atoms with van der Waals surface area (Å²) in [5.41, 5.74) is -0.141. The molecule has 0 saturated carbocycles. The summed E-state index contributed by atoms with van der Waals surface area (Å²) in [5, 5.41) is 12.4. The Morgan fingerprint density at radius 2 is 2.25 bits per heavy atom. The molecular weight excluding hydrogens is 288 g/mol. The van der Waals surface area contributed by atoms with Gasteiger partial charge in [0.2, 0.25) is 0 Å². The van der Waals surface area contributed by atoms with Gasteiger partial charge in [0, 0.05) is 33.7 Å². The van der Waals surface area contributed by atoms with Crippen molar-refractivity contribution >= 4 is 16.5 Å². The second kappa shape index (κ2) is 5.34. The molecule has 2 heterocycles. The van der Waals surface area contributed by atoms with Crippen molar-refractivity contribution in [3.05, 3.63) is 11.8 Å². The summed E-state index contributed by atoms with van der Waals surface area (Å²) >= 11 is 0. The fourth-order valence-corrected chi connectivity index (χ4v) is 3.06. The van der Waals surface area contributed by atoms with Crippen molar-refractivity contribution in [1.29, 1.82) is 5.41 Å². The molecule has 1 atom stereocenters. The van der Waals surface area contributed by atoms with E-state index in [1.165, 1.54) is 29.4 Å². The van der Waals surface area contributed by atoms with Crippen LogP contribution in [0.25, 0.3) is 0 Å². The van der Waals surface area contributed by atoms with E-state index in [-0.39, 0.29) is 25.2 Å². The molecule has 1 unspecified atom stereocenters. The zero-order chi connectivity index (χ0) is 14.9. The summed E-state index contributed by atoms with van der Waals surface area (Å²) in [6, 6.07) is -0.687. The quantitative estimate of drug-likeness (QED) is 0.458. The second-order valence-electron chi connectivity index (χ2n) is 4.50. The molecule has 112 valence electrons. The number of rotatable bonds is 4. The van der Waals surface area contributed by atoms with Crippen LogP contribution >= 0.6 is 0 Å². The molecule has 1 aromatic rings. The SMILES string of the molecule is CN(C)S(=O)(=O)N1CCN([n+]2cc(=N)o[n-]2)C(C=O)C1. The summed E-state index contributed by atoms with van der Waals surface area (Å²) in [6.45, 7) is 0.516. The molecule has 0 radical (unpaired) electrons. The Balaban J connectivity index is 2.20. The van der Waals surface area contributed by atoms with Crippen LogP contribution in [0.1, 0.15) is 0 Å². The number of nitrogens with one attached hydrogen (secondary N) is 1. The molecular formula is C9H16N6O4S. The highest BCUT2D eigenvalue weighted by molar-refractivity contribution is 7.86. The maximum absolute atomic E-state index is 12.0. The Labute approximate surface area is 115 Å². The summed E-state index contributed by atoms with van der Waals surface area (Å²) in [6.07, 6.45) is 1.97. The maximum atomic E-state index is 12.0. The van der Waals surface area contributed by atoms with Gasteiger partial charge in [-0.1, -0.05) is 4.79 Å². The lowest BCUT2D eigenvalue weighted by molar-refractivity contribution is -0.766. The largest absolute Gasteiger partial charge is 0.380 e. The molecule has 2 rings (SSSR count). The molecule has 0 bridgehead atoms. The van der Waals surface area contributed by atoms with E-state index in [2.05, 4.69) is 9.79 Å². The van der Waals surface area contributed by atoms with Crippen molar-refractivity contribution < 1.29 is 22.5 Å². The summed E-state index contributed by atoms with van der Waals surface area (Å²) in [7, 11) is -0.671. The average molecular weight is 304 g/mol. The van der Waals surface area contributed by atoms with Crippen molar-refractivity contribution in [2.75, 3.05) is 38.7 Å². The molecule has 1 aliphatic heterocycles. The lowest BCUT2D eigenvalue weighted by Gasteiger charge is -2.39. The molecule has 20 heavy (non-hydrogen) atoms. The molecule has 11 heteroatoms. The van der Waals surface area contributed by atoms with Crippen LogP contribution in [-0.4, -0.2) is 63.1 Å². The van der Waals surface area contributed by atoms with E-state index in [4.69, 9.17) is 5.41 Å². The van der Waals surface area contributed by atoms with Crippen LogP contribution in [0.3, 0.4) is 0 Å². The van der Waals surface area contributed by atoms with Gasteiger partial charge in [0.1, 0.15) is 6.29 Å². The first-order chi connectivity index (χ1) is 9.36. The standard InChI is InChI=1S/C9H16N6O4S/c1-12(2)20(17,18)13-3-4-14(8(5-13)7-16)15-6-9(10)19-11-15/h6-8,10H,3-5H2,1-2H3. The Morgan fingerprint density at radius 1 is 1.55 bits per heavy atom. The highest BCUT2D eigenvalue weighted by atomic mass is 32.2. The third kappa shape index (κ3) is 2.59. The van der Waals surface area contributed by atoms with Crippen molar-refractivity contribution in [1.82, 2.24) is 13.9 Å². The van der Waals surface area contributed by atoms with E-state index in [1.54, 1.807) is 5.01 Å². The Bertz CT molecular complexity index is 635. The fourth-order valence-electron chi connectivity index (χ4n) is 1.94. The van der Waals surface area contributed by atoms with Crippen molar-refractivity contribution in [3.8, 4) is 0 Å². The molecule has 0 amide bonds. The lowest BCUT2D eigenvalue weighted by atomic mass is 10.2. The van der Waals surface area contributed by atoms with Gasteiger partial charge in [0.25, 0.3) is 22.0 Å². The van der Waals surface area contributed by atoms with Gasteiger partial charge < -0.3 is 9.32 Å². The Morgan fingerprint density at radius 3 is 2.75 bits per heavy atom. The normalized spacial score (nSPS) is 21.4. The summed E-state index contributed by atoms with van der Waals surface area (Å²) < 4.78 is 31.1. The van der Waals surface area contributed by atoms with E-state index in [0.29, 0.717) is 6.29 Å². The minimum atomic E-state index is -3.55. The van der Waals surface area contributed by atoms with Gasteiger partial charge in [-0.25, -0.2) is 0 Å². The third-order valence-corrected chi connectivity index (χ3v) is 4.92. The van der Waals surface area contributed by atoms with Crippen LogP contribution in [0, 0.1) is 5.41 Å². The minimum absolute atomic E-state index is 0.0250. The number of aldehydes is 1. The van der Waals surface area contributed by atoms with Crippen molar-refractivity contribution in [3.63, 3.8) is 0 Å². The van der Waals surface area contributed by atoms with Crippen LogP contribution in [0.15, 0.2) is 10.7 Å². The van der Waals surface area contributed by atoms with Gasteiger partial charge >= 0.3 is 0 Å². The topological polar surface area (TPSA) is 116 Å². The van der Waals surface area contributed by atoms with Crippen LogP contribution in [0.4, 0.5) is 0 Å². The van der Waals surface area contributed by atoms with Crippen molar-refractivity contribution in [2.24, 2.45) is 0 Å². The van der Waals surface area contributed by atoms with Gasteiger partial charge in [0.15, 0.2) is 0 Å². The maximum Gasteiger partial charge on any atom is 0.286 e. The third-order valence-electron chi connectivity index (χ3n) is 3.02. The number of carbonyl (C=O) groups excluding carboxylic acids is 1. The van der Waals surface area contributed by atoms with Gasteiger partial charge in [-0.05, 0) is 5.27 Å². The van der Waals surface area contributed by atoms with Gasteiger partial charge in [0.05, 0.1) is 6.04 Å². The zero-order valence-electron chi connectivity index (χ0n) is 11.1. The highest BCUT2D eigenvalue weighted by Crippen LogP contribution is 2.10. The molecule has 0 aromatic carbocycles. The molecule has 1 aliphatic rings. The van der Waals surface area contributed by atoms with Crippen LogP contribution in [0.2, 0.25) is 0 Å². The first kappa shape index (κ1) is 14.7. The van der Waals surface area contributed by atoms with Crippen molar-refractivity contribution in [2.45, 2.75) is 6.04 Å². The molecule has 1 fully saturated rings. The van der Waals surface area contributed by atoms with Crippen LogP contribution in [0.5, 0.6) is 0 Å². The molecule has 1 saturated heterocycles. The van der Waals surface area contributed by atoms with Gasteiger partial charge in [-0.15, -0.1) is 0 Å². The summed E-state index contributed by atoms with van der Waals surface area (Å²) in [4.78, 5) is 12.4. The van der Waals surface area contributed by atoms with E-state index < -0.39 is 16.3 Å². The predicted molar refractivity (Wildman–Crippen MR) is 65.2 cm³/mol. The number of aromatic nitrogens is 2. The van der Waals surface area contributed by atoms with Gasteiger partial charge in [-0.3, -0.25) is 10.4 Å². The average Bonchev–Trinajstić information content (AvgIpc) is 2.84. The number of carbonyl (C=O) groups is 1. The summed E-state index contributed by atoms with van der Waals surface area (Å²) in [5.74, 6) is 0. The number of hydrogen-bond donors (Lipinski definition) is 1. The highest BCUT2D eigenvalue weighted by Gasteiger charge is 2.34. The van der Waals surface area contributed by atoms with Crippen LogP contribution < -0.4 is 20.6 Å². The Kier molecular flexibility index (Phi) is 3.92. The minimum Gasteiger partial charge on any atom is -0.380 e. The van der Waals surface area contributed by atoms with Gasteiger partial charge in [-0.2, -0.15) is 17.0 Å². The molecule has 1 N–H and O–H groups in total. The van der Waals surface area contributed by atoms with Crippen LogP contribution in [-0.2, 0) is 15.0 Å². The monoisotopic (exact) mass is 304 g/mol. The lowest BCUT2D eigenvalue weighted by Crippen LogP contribution is -2.72. The number of nitrogens with zero attached hydrogens (tertiary/aromatic N) is 5. The number of piperazine rings is 1. The molecule has 0 spiro atoms. The second-order valence-corrected chi connectivity index (χ2v) is 6.64. The molecule has 1 aromatic heterocycles. The molecule has 0 aliphatic carbocycles. The first-order valence-electron chi connectivity index (χ1n) is 5.86. The zero-order valence-corrected chi connectivity index (χ0v) is 11.9. The van der Waals surface area contributed by atoms with E-state index in [1.807, 2.05) is 0 Å². The number of hydrogen-bond acceptors (Lipinski definition) is 6. The van der Waals surface area contributed by atoms with E-state index in [9.17, 15) is 13.2 Å². The van der Waals surface area contributed by atoms with E-state index >= 15 is 0 Å². The smallest absolute Gasteiger partial charge is 0.286 e. The Hall–Kier alpha value is -1.72.